The molecule has 2 saturated heterocycles. The Morgan fingerprint density at radius 3 is 2.59 bits per heavy atom. The second-order valence-corrected chi connectivity index (χ2v) is 8.19. The molecule has 32 heavy (non-hydrogen) atoms. The largest absolute Gasteiger partial charge is 0.378 e. The maximum absolute atomic E-state index is 9.34. The van der Waals surface area contributed by atoms with Crippen molar-refractivity contribution >= 4 is 17.3 Å². The molecule has 2 aliphatic rings. The van der Waals surface area contributed by atoms with Crippen LogP contribution in [0.15, 0.2) is 54.9 Å². The fraction of sp³-hybridized carbons (Fsp3) is 0.333. The molecular formula is C24H25N7O. The molecule has 0 spiro atoms. The van der Waals surface area contributed by atoms with Crippen LogP contribution in [-0.2, 0) is 4.74 Å². The van der Waals surface area contributed by atoms with Crippen molar-refractivity contribution in [3.05, 3.63) is 60.4 Å². The van der Waals surface area contributed by atoms with Gasteiger partial charge in [-0.15, -0.1) is 0 Å². The highest BCUT2D eigenvalue weighted by Crippen LogP contribution is 2.25. The first-order chi connectivity index (χ1) is 15.7. The Balaban J connectivity index is 1.26. The Kier molecular flexibility index (Phi) is 5.67. The van der Waals surface area contributed by atoms with E-state index < -0.39 is 0 Å². The minimum absolute atomic E-state index is 0.445. The van der Waals surface area contributed by atoms with E-state index in [0.717, 1.165) is 38.5 Å². The van der Waals surface area contributed by atoms with E-state index >= 15 is 0 Å². The van der Waals surface area contributed by atoms with Gasteiger partial charge in [0.2, 0.25) is 5.95 Å². The summed E-state index contributed by atoms with van der Waals surface area (Å²) in [6.07, 6.45) is 1.46. The number of ether oxygens (including phenoxy) is 1. The predicted octanol–water partition coefficient (Wildman–Crippen LogP) is 3.06. The van der Waals surface area contributed by atoms with Crippen molar-refractivity contribution < 1.29 is 4.74 Å². The van der Waals surface area contributed by atoms with E-state index in [2.05, 4.69) is 55.2 Å². The lowest BCUT2D eigenvalue weighted by Crippen LogP contribution is -2.60. The zero-order valence-electron chi connectivity index (χ0n) is 18.0. The standard InChI is InChI=1S/C24H25N7O/c1-17-13-30(10-11-31(17)21-14-32-15-21)20-8-6-19(7-9-20)28-24-27-16-26-23(29-24)22-5-3-2-4-18(22)12-25/h2-9,16-17,21H,10-11,13-15H2,1H3,(H,26,27,28,29)/t17-/m1/s1. The molecule has 0 bridgehead atoms. The molecule has 5 rings (SSSR count). The zero-order chi connectivity index (χ0) is 21.9. The van der Waals surface area contributed by atoms with Crippen LogP contribution in [0.3, 0.4) is 0 Å². The SMILES string of the molecule is C[C@@H]1CN(c2ccc(Nc3ncnc(-c4ccccc4C#N)n3)cc2)CCN1C1COC1. The number of nitriles is 1. The van der Waals surface area contributed by atoms with Crippen molar-refractivity contribution in [2.24, 2.45) is 0 Å². The predicted molar refractivity (Wildman–Crippen MR) is 123 cm³/mol. The van der Waals surface area contributed by atoms with Crippen LogP contribution in [0.1, 0.15) is 12.5 Å². The van der Waals surface area contributed by atoms with Crippen LogP contribution < -0.4 is 10.2 Å². The zero-order valence-corrected chi connectivity index (χ0v) is 18.0. The number of anilines is 3. The second kappa shape index (κ2) is 8.91. The molecule has 3 aromatic rings. The smallest absolute Gasteiger partial charge is 0.230 e. The van der Waals surface area contributed by atoms with Gasteiger partial charge >= 0.3 is 0 Å². The first-order valence-electron chi connectivity index (χ1n) is 10.9. The van der Waals surface area contributed by atoms with Crippen LogP contribution in [0.2, 0.25) is 0 Å². The van der Waals surface area contributed by atoms with Gasteiger partial charge in [-0.25, -0.2) is 9.97 Å². The Labute approximate surface area is 187 Å². The molecule has 0 radical (unpaired) electrons. The molecule has 3 heterocycles. The van der Waals surface area contributed by atoms with Crippen molar-refractivity contribution in [3.8, 4) is 17.5 Å². The van der Waals surface area contributed by atoms with Gasteiger partial charge in [0.25, 0.3) is 0 Å². The maximum Gasteiger partial charge on any atom is 0.230 e. The summed E-state index contributed by atoms with van der Waals surface area (Å²) in [6.45, 7) is 7.12. The summed E-state index contributed by atoms with van der Waals surface area (Å²) >= 11 is 0. The van der Waals surface area contributed by atoms with E-state index in [0.29, 0.717) is 35.0 Å². The molecule has 0 aliphatic carbocycles. The topological polar surface area (TPSA) is 90.2 Å². The molecule has 162 valence electrons. The third-order valence-corrected chi connectivity index (χ3v) is 6.12. The number of rotatable bonds is 5. The van der Waals surface area contributed by atoms with Gasteiger partial charge in [0.1, 0.15) is 6.33 Å². The molecule has 2 aliphatic heterocycles. The summed E-state index contributed by atoms with van der Waals surface area (Å²) in [6, 6.07) is 18.9. The summed E-state index contributed by atoms with van der Waals surface area (Å²) in [5.41, 5.74) is 3.34. The fourth-order valence-corrected chi connectivity index (χ4v) is 4.31. The Hall–Kier alpha value is -3.54. The van der Waals surface area contributed by atoms with E-state index in [1.165, 1.54) is 12.0 Å². The molecule has 2 aromatic carbocycles. The Bertz CT molecular complexity index is 1120. The first-order valence-corrected chi connectivity index (χ1v) is 10.9. The van der Waals surface area contributed by atoms with E-state index in [-0.39, 0.29) is 0 Å². The number of hydrogen-bond donors (Lipinski definition) is 1. The van der Waals surface area contributed by atoms with Gasteiger partial charge in [-0.1, -0.05) is 12.1 Å². The van der Waals surface area contributed by atoms with Gasteiger partial charge in [0, 0.05) is 42.6 Å². The van der Waals surface area contributed by atoms with Crippen molar-refractivity contribution in [3.63, 3.8) is 0 Å². The minimum Gasteiger partial charge on any atom is -0.378 e. The van der Waals surface area contributed by atoms with Gasteiger partial charge in [0.05, 0.1) is 30.9 Å². The molecule has 1 aromatic heterocycles. The molecule has 0 unspecified atom stereocenters. The molecule has 0 saturated carbocycles. The van der Waals surface area contributed by atoms with Crippen LogP contribution in [0.25, 0.3) is 11.4 Å². The highest BCUT2D eigenvalue weighted by molar-refractivity contribution is 5.66. The van der Waals surface area contributed by atoms with Crippen LogP contribution >= 0.6 is 0 Å². The molecule has 1 N–H and O–H groups in total. The third-order valence-electron chi connectivity index (χ3n) is 6.12. The summed E-state index contributed by atoms with van der Waals surface area (Å²) in [5.74, 6) is 0.917. The van der Waals surface area contributed by atoms with Crippen LogP contribution in [0, 0.1) is 11.3 Å². The van der Waals surface area contributed by atoms with Gasteiger partial charge in [-0.2, -0.15) is 10.2 Å². The van der Waals surface area contributed by atoms with Gasteiger partial charge in [0.15, 0.2) is 5.82 Å². The number of benzene rings is 2. The number of aromatic nitrogens is 3. The van der Waals surface area contributed by atoms with Crippen LogP contribution in [0.5, 0.6) is 0 Å². The van der Waals surface area contributed by atoms with Crippen molar-refractivity contribution in [1.29, 1.82) is 5.26 Å². The van der Waals surface area contributed by atoms with Crippen molar-refractivity contribution in [2.75, 3.05) is 43.1 Å². The highest BCUT2D eigenvalue weighted by Gasteiger charge is 2.33. The van der Waals surface area contributed by atoms with E-state index in [4.69, 9.17) is 4.74 Å². The van der Waals surface area contributed by atoms with Crippen LogP contribution in [-0.4, -0.2) is 64.8 Å². The minimum atomic E-state index is 0.445. The second-order valence-electron chi connectivity index (χ2n) is 8.19. The molecule has 2 fully saturated rings. The maximum atomic E-state index is 9.34. The third kappa shape index (κ3) is 4.13. The lowest BCUT2D eigenvalue weighted by Gasteiger charge is -2.47. The average molecular weight is 428 g/mol. The quantitative estimate of drug-likeness (QED) is 0.664. The van der Waals surface area contributed by atoms with Crippen LogP contribution in [0.4, 0.5) is 17.3 Å². The molecule has 1 atom stereocenters. The van der Waals surface area contributed by atoms with Gasteiger partial charge in [-0.05, 0) is 43.3 Å². The van der Waals surface area contributed by atoms with E-state index in [1.54, 1.807) is 6.07 Å². The van der Waals surface area contributed by atoms with E-state index in [9.17, 15) is 5.26 Å². The summed E-state index contributed by atoms with van der Waals surface area (Å²) in [7, 11) is 0. The summed E-state index contributed by atoms with van der Waals surface area (Å²) in [5, 5.41) is 12.6. The summed E-state index contributed by atoms with van der Waals surface area (Å²) in [4.78, 5) is 18.0. The monoisotopic (exact) mass is 427 g/mol. The van der Waals surface area contributed by atoms with Crippen molar-refractivity contribution in [1.82, 2.24) is 19.9 Å². The molecule has 0 amide bonds. The number of hydrogen-bond acceptors (Lipinski definition) is 8. The molecular weight excluding hydrogens is 402 g/mol. The van der Waals surface area contributed by atoms with Gasteiger partial charge in [-0.3, -0.25) is 4.90 Å². The Morgan fingerprint density at radius 2 is 1.88 bits per heavy atom. The first kappa shape index (κ1) is 20.4. The highest BCUT2D eigenvalue weighted by atomic mass is 16.5. The fourth-order valence-electron chi connectivity index (χ4n) is 4.31. The Morgan fingerprint density at radius 1 is 1.06 bits per heavy atom. The average Bonchev–Trinajstić information content (AvgIpc) is 2.80. The normalized spacial score (nSPS) is 19.2. The summed E-state index contributed by atoms with van der Waals surface area (Å²) < 4.78 is 5.36. The number of nitrogens with one attached hydrogen (secondary N) is 1. The lowest BCUT2D eigenvalue weighted by atomic mass is 10.1. The lowest BCUT2D eigenvalue weighted by molar-refractivity contribution is -0.0792. The van der Waals surface area contributed by atoms with E-state index in [1.807, 2.05) is 30.3 Å². The van der Waals surface area contributed by atoms with Gasteiger partial charge < -0.3 is 15.0 Å². The number of nitrogens with zero attached hydrogens (tertiary/aromatic N) is 6. The van der Waals surface area contributed by atoms with Crippen molar-refractivity contribution in [2.45, 2.75) is 19.0 Å². The number of piperazine rings is 1. The molecule has 8 nitrogen and oxygen atoms in total. The molecule has 8 heteroatoms.